The number of hydrogen-bond acceptors (Lipinski definition) is 2. The summed E-state index contributed by atoms with van der Waals surface area (Å²) in [5.74, 6) is 0.565. The Morgan fingerprint density at radius 3 is 2.94 bits per heavy atom. The number of amides is 2. The first-order chi connectivity index (χ1) is 8.67. The summed E-state index contributed by atoms with van der Waals surface area (Å²) in [6.07, 6.45) is 1.01. The second kappa shape index (κ2) is 4.39. The molecular weight excluding hydrogens is 296 g/mol. The van der Waals surface area contributed by atoms with Crippen LogP contribution in [-0.2, 0) is 16.0 Å². The SMILES string of the molecule is O=C1Cc2cc(N3CC(CBr)CC3=O)ccc2N1. The van der Waals surface area contributed by atoms with Crippen LogP contribution in [0.15, 0.2) is 18.2 Å². The molecule has 2 aliphatic rings. The molecule has 2 aliphatic heterocycles. The Labute approximate surface area is 113 Å². The van der Waals surface area contributed by atoms with E-state index in [0.717, 1.165) is 28.8 Å². The summed E-state index contributed by atoms with van der Waals surface area (Å²) in [5.41, 5.74) is 2.75. The maximum atomic E-state index is 11.9. The maximum Gasteiger partial charge on any atom is 0.228 e. The fraction of sp³-hybridized carbons (Fsp3) is 0.385. The first kappa shape index (κ1) is 11.7. The Hall–Kier alpha value is -1.36. The first-order valence-corrected chi connectivity index (χ1v) is 7.08. The normalized spacial score (nSPS) is 22.3. The van der Waals surface area contributed by atoms with Gasteiger partial charge in [-0.25, -0.2) is 0 Å². The molecule has 2 amide bonds. The molecule has 0 aliphatic carbocycles. The van der Waals surface area contributed by atoms with E-state index in [4.69, 9.17) is 0 Å². The number of carbonyl (C=O) groups excluding carboxylic acids is 2. The number of halogens is 1. The summed E-state index contributed by atoms with van der Waals surface area (Å²) in [6.45, 7) is 0.754. The van der Waals surface area contributed by atoms with Gasteiger partial charge in [0.2, 0.25) is 11.8 Å². The molecule has 1 aromatic rings. The highest BCUT2D eigenvalue weighted by molar-refractivity contribution is 9.09. The molecule has 1 saturated heterocycles. The highest BCUT2D eigenvalue weighted by atomic mass is 79.9. The Morgan fingerprint density at radius 2 is 2.22 bits per heavy atom. The lowest BCUT2D eigenvalue weighted by atomic mass is 10.1. The van der Waals surface area contributed by atoms with Gasteiger partial charge in [-0.3, -0.25) is 9.59 Å². The number of nitrogens with one attached hydrogen (secondary N) is 1. The van der Waals surface area contributed by atoms with Crippen molar-refractivity contribution in [3.05, 3.63) is 23.8 Å². The van der Waals surface area contributed by atoms with Gasteiger partial charge >= 0.3 is 0 Å². The van der Waals surface area contributed by atoms with E-state index in [0.29, 0.717) is 18.8 Å². The summed E-state index contributed by atoms with van der Waals surface area (Å²) in [7, 11) is 0. The smallest absolute Gasteiger partial charge is 0.228 e. The van der Waals surface area contributed by atoms with E-state index < -0.39 is 0 Å². The molecule has 94 valence electrons. The Kier molecular flexibility index (Phi) is 2.86. The number of alkyl halides is 1. The van der Waals surface area contributed by atoms with Crippen LogP contribution in [0.4, 0.5) is 11.4 Å². The standard InChI is InChI=1S/C13H13BrN2O2/c14-6-8-3-13(18)16(7-8)10-1-2-11-9(4-10)5-12(17)15-11/h1-2,4,8H,3,5-7H2,(H,15,17). The number of rotatable bonds is 2. The van der Waals surface area contributed by atoms with Crippen LogP contribution in [0.5, 0.6) is 0 Å². The van der Waals surface area contributed by atoms with E-state index in [-0.39, 0.29) is 11.8 Å². The first-order valence-electron chi connectivity index (χ1n) is 5.96. The average Bonchev–Trinajstić information content (AvgIpc) is 2.89. The minimum absolute atomic E-state index is 0.0215. The molecule has 4 nitrogen and oxygen atoms in total. The molecule has 18 heavy (non-hydrogen) atoms. The van der Waals surface area contributed by atoms with Crippen molar-refractivity contribution in [3.8, 4) is 0 Å². The summed E-state index contributed by atoms with van der Waals surface area (Å²) in [6, 6.07) is 5.73. The third-order valence-corrected chi connectivity index (χ3v) is 4.36. The molecule has 0 saturated carbocycles. The van der Waals surface area contributed by atoms with Crippen molar-refractivity contribution in [2.75, 3.05) is 22.1 Å². The third-order valence-electron chi connectivity index (χ3n) is 3.45. The van der Waals surface area contributed by atoms with Gasteiger partial charge in [0.15, 0.2) is 0 Å². The number of nitrogens with zero attached hydrogens (tertiary/aromatic N) is 1. The van der Waals surface area contributed by atoms with E-state index in [1.807, 2.05) is 23.1 Å². The summed E-state index contributed by atoms with van der Waals surface area (Å²) >= 11 is 3.43. The molecule has 3 rings (SSSR count). The average molecular weight is 309 g/mol. The van der Waals surface area contributed by atoms with Gasteiger partial charge in [-0.2, -0.15) is 0 Å². The molecule has 2 heterocycles. The highest BCUT2D eigenvalue weighted by Gasteiger charge is 2.30. The van der Waals surface area contributed by atoms with Gasteiger partial charge in [0.25, 0.3) is 0 Å². The molecule has 1 unspecified atom stereocenters. The number of fused-ring (bicyclic) bond motifs is 1. The summed E-state index contributed by atoms with van der Waals surface area (Å²) in [5, 5.41) is 3.64. The zero-order chi connectivity index (χ0) is 12.7. The van der Waals surface area contributed by atoms with Gasteiger partial charge in [-0.1, -0.05) is 15.9 Å². The van der Waals surface area contributed by atoms with E-state index in [2.05, 4.69) is 21.2 Å². The van der Waals surface area contributed by atoms with Gasteiger partial charge in [0.05, 0.1) is 6.42 Å². The van der Waals surface area contributed by atoms with Gasteiger partial charge in [-0.15, -0.1) is 0 Å². The largest absolute Gasteiger partial charge is 0.326 e. The van der Waals surface area contributed by atoms with E-state index in [1.165, 1.54) is 0 Å². The molecule has 1 N–H and O–H groups in total. The molecule has 1 aromatic carbocycles. The monoisotopic (exact) mass is 308 g/mol. The van der Waals surface area contributed by atoms with E-state index >= 15 is 0 Å². The van der Waals surface area contributed by atoms with Crippen LogP contribution in [0.2, 0.25) is 0 Å². The summed E-state index contributed by atoms with van der Waals surface area (Å²) in [4.78, 5) is 25.0. The van der Waals surface area contributed by atoms with Crippen LogP contribution in [-0.4, -0.2) is 23.7 Å². The van der Waals surface area contributed by atoms with Gasteiger partial charge < -0.3 is 10.2 Å². The van der Waals surface area contributed by atoms with Crippen molar-refractivity contribution in [3.63, 3.8) is 0 Å². The van der Waals surface area contributed by atoms with Crippen molar-refractivity contribution in [2.45, 2.75) is 12.8 Å². The minimum Gasteiger partial charge on any atom is -0.326 e. The number of benzene rings is 1. The Balaban J connectivity index is 1.88. The van der Waals surface area contributed by atoms with Crippen molar-refractivity contribution in [2.24, 2.45) is 5.92 Å². The van der Waals surface area contributed by atoms with Crippen LogP contribution in [0.25, 0.3) is 0 Å². The quantitative estimate of drug-likeness (QED) is 0.849. The van der Waals surface area contributed by atoms with Gasteiger partial charge in [0, 0.05) is 29.7 Å². The second-order valence-corrected chi connectivity index (χ2v) is 5.44. The molecule has 1 fully saturated rings. The van der Waals surface area contributed by atoms with Gasteiger partial charge in [0.1, 0.15) is 0 Å². The van der Waals surface area contributed by atoms with Crippen molar-refractivity contribution in [1.82, 2.24) is 0 Å². The fourth-order valence-electron chi connectivity index (χ4n) is 2.52. The zero-order valence-electron chi connectivity index (χ0n) is 9.78. The highest BCUT2D eigenvalue weighted by Crippen LogP contribution is 2.31. The molecule has 0 spiro atoms. The van der Waals surface area contributed by atoms with Crippen molar-refractivity contribution < 1.29 is 9.59 Å². The lowest BCUT2D eigenvalue weighted by Crippen LogP contribution is -2.24. The number of carbonyl (C=O) groups is 2. The summed E-state index contributed by atoms with van der Waals surface area (Å²) < 4.78 is 0. The zero-order valence-corrected chi connectivity index (χ0v) is 11.4. The lowest BCUT2D eigenvalue weighted by Gasteiger charge is -2.17. The minimum atomic E-state index is 0.0215. The molecular formula is C13H13BrN2O2. The van der Waals surface area contributed by atoms with E-state index in [9.17, 15) is 9.59 Å². The van der Waals surface area contributed by atoms with Crippen LogP contribution in [0.1, 0.15) is 12.0 Å². The third kappa shape index (κ3) is 1.92. The number of anilines is 2. The molecule has 0 aromatic heterocycles. The molecule has 0 bridgehead atoms. The molecule has 1 atom stereocenters. The maximum absolute atomic E-state index is 11.9. The Bertz CT molecular complexity index is 530. The predicted octanol–water partition coefficient (Wildman–Crippen LogP) is 1.93. The fourth-order valence-corrected chi connectivity index (χ4v) is 2.95. The van der Waals surface area contributed by atoms with Crippen LogP contribution < -0.4 is 10.2 Å². The van der Waals surface area contributed by atoms with Crippen LogP contribution >= 0.6 is 15.9 Å². The van der Waals surface area contributed by atoms with Crippen molar-refractivity contribution in [1.29, 1.82) is 0 Å². The number of hydrogen-bond donors (Lipinski definition) is 1. The molecule has 5 heteroatoms. The van der Waals surface area contributed by atoms with Gasteiger partial charge in [-0.05, 0) is 29.7 Å². The lowest BCUT2D eigenvalue weighted by molar-refractivity contribution is -0.117. The Morgan fingerprint density at radius 1 is 1.39 bits per heavy atom. The van der Waals surface area contributed by atoms with Crippen LogP contribution in [0, 0.1) is 5.92 Å². The predicted molar refractivity (Wildman–Crippen MR) is 73.0 cm³/mol. The molecule has 0 radical (unpaired) electrons. The van der Waals surface area contributed by atoms with Crippen LogP contribution in [0.3, 0.4) is 0 Å². The topological polar surface area (TPSA) is 49.4 Å². The van der Waals surface area contributed by atoms with E-state index in [1.54, 1.807) is 0 Å². The van der Waals surface area contributed by atoms with Crippen molar-refractivity contribution >= 4 is 39.1 Å². The second-order valence-electron chi connectivity index (χ2n) is 4.80.